The van der Waals surface area contributed by atoms with Crippen LogP contribution in [0.4, 0.5) is 5.69 Å². The van der Waals surface area contributed by atoms with E-state index in [0.717, 1.165) is 22.6 Å². The number of amides is 1. The van der Waals surface area contributed by atoms with Crippen molar-refractivity contribution in [3.63, 3.8) is 0 Å². The highest BCUT2D eigenvalue weighted by molar-refractivity contribution is 7.89. The van der Waals surface area contributed by atoms with E-state index in [0.29, 0.717) is 5.69 Å². The zero-order valence-corrected chi connectivity index (χ0v) is 17.6. The quantitative estimate of drug-likeness (QED) is 0.622. The van der Waals surface area contributed by atoms with Gasteiger partial charge in [-0.1, -0.05) is 17.7 Å². The predicted molar refractivity (Wildman–Crippen MR) is 115 cm³/mol. The molecule has 29 heavy (non-hydrogen) atoms. The van der Waals surface area contributed by atoms with E-state index in [1.54, 1.807) is 24.3 Å². The molecule has 1 amide bonds. The molecular weight excluding hydrogens is 386 g/mol. The maximum absolute atomic E-state index is 12.2. The summed E-state index contributed by atoms with van der Waals surface area (Å²) in [6.07, 6.45) is 0.0443. The summed E-state index contributed by atoms with van der Waals surface area (Å²) in [5.41, 5.74) is 4.95. The monoisotopic (exact) mass is 411 g/mol. The van der Waals surface area contributed by atoms with Crippen molar-refractivity contribution < 1.29 is 13.2 Å². The van der Waals surface area contributed by atoms with Gasteiger partial charge in [-0.3, -0.25) is 4.79 Å². The molecule has 2 aromatic carbocycles. The molecule has 0 atom stereocenters. The van der Waals surface area contributed by atoms with Crippen LogP contribution in [0.3, 0.4) is 0 Å². The lowest BCUT2D eigenvalue weighted by atomic mass is 10.2. The van der Waals surface area contributed by atoms with Crippen molar-refractivity contribution in [1.29, 1.82) is 0 Å². The first-order chi connectivity index (χ1) is 13.8. The highest BCUT2D eigenvalue weighted by Gasteiger charge is 2.14. The molecule has 1 heterocycles. The van der Waals surface area contributed by atoms with Crippen molar-refractivity contribution >= 4 is 21.6 Å². The second-order valence-corrected chi connectivity index (χ2v) is 8.77. The molecule has 0 aliphatic rings. The zero-order chi connectivity index (χ0) is 21.0. The molecule has 0 saturated carbocycles. The maximum Gasteiger partial charge on any atom is 0.240 e. The summed E-state index contributed by atoms with van der Waals surface area (Å²) < 4.78 is 29.1. The van der Waals surface area contributed by atoms with Gasteiger partial charge in [-0.2, -0.15) is 0 Å². The average molecular weight is 412 g/mol. The van der Waals surface area contributed by atoms with Gasteiger partial charge in [0.15, 0.2) is 0 Å². The second kappa shape index (κ2) is 8.63. The highest BCUT2D eigenvalue weighted by Crippen LogP contribution is 2.18. The van der Waals surface area contributed by atoms with Crippen molar-refractivity contribution in [2.45, 2.75) is 32.1 Å². The van der Waals surface area contributed by atoms with Gasteiger partial charge in [0.25, 0.3) is 0 Å². The zero-order valence-electron chi connectivity index (χ0n) is 16.8. The van der Waals surface area contributed by atoms with Gasteiger partial charge < -0.3 is 9.88 Å². The standard InChI is InChI=1S/C22H25N3O3S/c1-16-4-12-21(13-5-16)29(27,28)23-15-14-22(26)24-19-8-10-20(11-9-19)25-17(2)6-7-18(25)3/h4-13,23H,14-15H2,1-3H3,(H,24,26). The van der Waals surface area contributed by atoms with Crippen LogP contribution in [0.2, 0.25) is 0 Å². The number of nitrogens with one attached hydrogen (secondary N) is 2. The van der Waals surface area contributed by atoms with Gasteiger partial charge in [-0.15, -0.1) is 0 Å². The third-order valence-corrected chi connectivity index (χ3v) is 6.13. The molecule has 3 aromatic rings. The fraction of sp³-hybridized carbons (Fsp3) is 0.227. The summed E-state index contributed by atoms with van der Waals surface area (Å²) in [5.74, 6) is -0.252. The Bertz CT molecular complexity index is 1080. The fourth-order valence-electron chi connectivity index (χ4n) is 3.09. The largest absolute Gasteiger partial charge is 0.326 e. The summed E-state index contributed by atoms with van der Waals surface area (Å²) in [5, 5.41) is 2.79. The van der Waals surface area contributed by atoms with Crippen LogP contribution < -0.4 is 10.0 Å². The van der Waals surface area contributed by atoms with E-state index in [4.69, 9.17) is 0 Å². The molecule has 0 spiro atoms. The predicted octanol–water partition coefficient (Wildman–Crippen LogP) is 3.71. The van der Waals surface area contributed by atoms with Crippen LogP contribution >= 0.6 is 0 Å². The number of aromatic nitrogens is 1. The van der Waals surface area contributed by atoms with Crippen molar-refractivity contribution in [2.24, 2.45) is 0 Å². The molecule has 0 unspecified atom stereocenters. The number of carbonyl (C=O) groups is 1. The maximum atomic E-state index is 12.2. The number of benzene rings is 2. The summed E-state index contributed by atoms with van der Waals surface area (Å²) in [7, 11) is -3.62. The van der Waals surface area contributed by atoms with Crippen LogP contribution in [0, 0.1) is 20.8 Å². The lowest BCUT2D eigenvalue weighted by molar-refractivity contribution is -0.116. The summed E-state index contributed by atoms with van der Waals surface area (Å²) in [4.78, 5) is 12.3. The van der Waals surface area contributed by atoms with Crippen molar-refractivity contribution in [3.05, 3.63) is 77.6 Å². The van der Waals surface area contributed by atoms with Crippen LogP contribution in [0.25, 0.3) is 5.69 Å². The fourth-order valence-corrected chi connectivity index (χ4v) is 4.12. The summed E-state index contributed by atoms with van der Waals surface area (Å²) in [6.45, 7) is 6.00. The Balaban J connectivity index is 1.54. The minimum Gasteiger partial charge on any atom is -0.326 e. The number of aryl methyl sites for hydroxylation is 3. The van der Waals surface area contributed by atoms with Crippen LogP contribution in [0.1, 0.15) is 23.4 Å². The highest BCUT2D eigenvalue weighted by atomic mass is 32.2. The first kappa shape index (κ1) is 20.8. The van der Waals surface area contributed by atoms with Gasteiger partial charge in [-0.05, 0) is 69.3 Å². The number of nitrogens with zero attached hydrogens (tertiary/aromatic N) is 1. The van der Waals surface area contributed by atoms with Crippen LogP contribution in [-0.4, -0.2) is 25.4 Å². The van der Waals surface area contributed by atoms with E-state index in [2.05, 4.69) is 26.7 Å². The summed E-state index contributed by atoms with van der Waals surface area (Å²) in [6, 6.07) is 18.2. The Kier molecular flexibility index (Phi) is 6.20. The Morgan fingerprint density at radius 3 is 2.03 bits per heavy atom. The lowest BCUT2D eigenvalue weighted by Crippen LogP contribution is -2.27. The van der Waals surface area contributed by atoms with Gasteiger partial charge in [0, 0.05) is 35.7 Å². The SMILES string of the molecule is Cc1ccc(S(=O)(=O)NCCC(=O)Nc2ccc(-n3c(C)ccc3C)cc2)cc1. The van der Waals surface area contributed by atoms with E-state index in [-0.39, 0.29) is 23.8 Å². The first-order valence-electron chi connectivity index (χ1n) is 9.38. The Hall–Kier alpha value is -2.90. The number of hydrogen-bond donors (Lipinski definition) is 2. The van der Waals surface area contributed by atoms with Crippen molar-refractivity contribution in [3.8, 4) is 5.69 Å². The van der Waals surface area contributed by atoms with Gasteiger partial charge >= 0.3 is 0 Å². The van der Waals surface area contributed by atoms with E-state index in [9.17, 15) is 13.2 Å². The molecule has 0 radical (unpaired) electrons. The molecule has 0 bridgehead atoms. The third-order valence-electron chi connectivity index (χ3n) is 4.66. The minimum absolute atomic E-state index is 0.0296. The van der Waals surface area contributed by atoms with Crippen LogP contribution in [-0.2, 0) is 14.8 Å². The second-order valence-electron chi connectivity index (χ2n) is 7.01. The van der Waals surface area contributed by atoms with Crippen LogP contribution in [0.5, 0.6) is 0 Å². The van der Waals surface area contributed by atoms with Gasteiger partial charge in [0.05, 0.1) is 4.90 Å². The van der Waals surface area contributed by atoms with Crippen molar-refractivity contribution in [1.82, 2.24) is 9.29 Å². The van der Waals surface area contributed by atoms with Crippen LogP contribution in [0.15, 0.2) is 65.6 Å². The molecule has 0 aliphatic carbocycles. The number of carbonyl (C=O) groups excluding carboxylic acids is 1. The molecule has 0 saturated heterocycles. The first-order valence-corrected chi connectivity index (χ1v) is 10.9. The van der Waals surface area contributed by atoms with Gasteiger partial charge in [-0.25, -0.2) is 13.1 Å². The lowest BCUT2D eigenvalue weighted by Gasteiger charge is -2.11. The van der Waals surface area contributed by atoms with E-state index >= 15 is 0 Å². The topological polar surface area (TPSA) is 80.2 Å². The molecule has 1 aromatic heterocycles. The Morgan fingerprint density at radius 1 is 0.862 bits per heavy atom. The molecule has 3 rings (SSSR count). The molecule has 2 N–H and O–H groups in total. The molecule has 152 valence electrons. The number of hydrogen-bond acceptors (Lipinski definition) is 3. The number of rotatable bonds is 7. The molecular formula is C22H25N3O3S. The smallest absolute Gasteiger partial charge is 0.240 e. The molecule has 0 fully saturated rings. The van der Waals surface area contributed by atoms with E-state index < -0.39 is 10.0 Å². The average Bonchev–Trinajstić information content (AvgIpc) is 3.01. The number of anilines is 1. The summed E-state index contributed by atoms with van der Waals surface area (Å²) >= 11 is 0. The van der Waals surface area contributed by atoms with Gasteiger partial charge in [0.1, 0.15) is 0 Å². The van der Waals surface area contributed by atoms with E-state index in [1.165, 1.54) is 0 Å². The van der Waals surface area contributed by atoms with Crippen molar-refractivity contribution in [2.75, 3.05) is 11.9 Å². The van der Waals surface area contributed by atoms with E-state index in [1.807, 2.05) is 45.0 Å². The Labute approximate surface area is 171 Å². The van der Waals surface area contributed by atoms with Gasteiger partial charge in [0.2, 0.25) is 15.9 Å². The number of sulfonamides is 1. The normalized spacial score (nSPS) is 11.4. The molecule has 7 heteroatoms. The molecule has 6 nitrogen and oxygen atoms in total. The minimum atomic E-state index is -3.62. The Morgan fingerprint density at radius 2 is 1.45 bits per heavy atom. The third kappa shape index (κ3) is 5.13. The molecule has 0 aliphatic heterocycles.